The quantitative estimate of drug-likeness (QED) is 0.326. The molecular formula is C16H16FN5O7S. The second kappa shape index (κ2) is 7.32. The van der Waals surface area contributed by atoms with Crippen molar-refractivity contribution < 1.29 is 29.2 Å². The number of rotatable bonds is 5. The zero-order valence-corrected chi connectivity index (χ0v) is 15.9. The number of aliphatic hydroxyl groups is 2. The molecule has 3 aromatic rings. The van der Waals surface area contributed by atoms with Gasteiger partial charge in [0, 0.05) is 10.3 Å². The normalized spacial score (nSPS) is 24.0. The Hall–Kier alpha value is -3.07. The van der Waals surface area contributed by atoms with Gasteiger partial charge in [-0.25, -0.2) is 18.5 Å². The molecule has 0 bridgehead atoms. The van der Waals surface area contributed by atoms with Gasteiger partial charge in [-0.05, 0) is 6.07 Å². The van der Waals surface area contributed by atoms with Crippen molar-refractivity contribution in [2.24, 2.45) is 0 Å². The van der Waals surface area contributed by atoms with Crippen LogP contribution in [0.1, 0.15) is 21.5 Å². The number of carboxylic acid groups (broad SMARTS) is 1. The minimum atomic E-state index is -1.97. The molecule has 4 rings (SSSR count). The first-order chi connectivity index (χ1) is 14.2. The van der Waals surface area contributed by atoms with E-state index < -0.39 is 48.4 Å². The molecule has 6 N–H and O–H groups in total. The number of carbonyl (C=O) groups is 1. The Balaban J connectivity index is 1.89. The highest BCUT2D eigenvalue weighted by Gasteiger charge is 2.46. The van der Waals surface area contributed by atoms with Crippen molar-refractivity contribution in [3.8, 4) is 0 Å². The lowest BCUT2D eigenvalue weighted by molar-refractivity contribution is -0.0513. The molecule has 1 fully saturated rings. The summed E-state index contributed by atoms with van der Waals surface area (Å²) >= 11 is 1.06. The number of carboxylic acids is 1. The van der Waals surface area contributed by atoms with E-state index in [4.69, 9.17) is 15.6 Å². The smallest absolute Gasteiger partial charge is 0.336 e. The highest BCUT2D eigenvalue weighted by molar-refractivity contribution is 7.10. The highest BCUT2D eigenvalue weighted by atomic mass is 32.1. The monoisotopic (exact) mass is 441 g/mol. The Morgan fingerprint density at radius 2 is 2.17 bits per heavy atom. The molecule has 1 aliphatic rings. The van der Waals surface area contributed by atoms with Crippen molar-refractivity contribution in [1.29, 1.82) is 0 Å². The molecule has 1 aliphatic heterocycles. The topological polar surface area (TPSA) is 186 Å². The maximum absolute atomic E-state index is 14.2. The molecule has 30 heavy (non-hydrogen) atoms. The maximum atomic E-state index is 14.2. The van der Waals surface area contributed by atoms with Crippen LogP contribution in [0.15, 0.2) is 21.0 Å². The van der Waals surface area contributed by atoms with Crippen LogP contribution in [0.2, 0.25) is 0 Å². The van der Waals surface area contributed by atoms with Crippen molar-refractivity contribution >= 4 is 34.4 Å². The summed E-state index contributed by atoms with van der Waals surface area (Å²) in [4.78, 5) is 43.4. The van der Waals surface area contributed by atoms with Crippen LogP contribution < -0.4 is 17.0 Å². The molecule has 0 amide bonds. The third kappa shape index (κ3) is 3.09. The first kappa shape index (κ1) is 20.2. The fourth-order valence-corrected chi connectivity index (χ4v) is 4.22. The van der Waals surface area contributed by atoms with Gasteiger partial charge in [0.15, 0.2) is 23.6 Å². The molecule has 4 atom stereocenters. The van der Waals surface area contributed by atoms with Crippen molar-refractivity contribution in [3.63, 3.8) is 0 Å². The first-order valence-corrected chi connectivity index (χ1v) is 9.50. The predicted octanol–water partition coefficient (Wildman–Crippen LogP) is -1.13. The Morgan fingerprint density at radius 3 is 2.77 bits per heavy atom. The number of ether oxygens (including phenoxy) is 1. The van der Waals surface area contributed by atoms with E-state index in [0.29, 0.717) is 4.88 Å². The van der Waals surface area contributed by atoms with Crippen LogP contribution >= 0.6 is 11.3 Å². The minimum absolute atomic E-state index is 0.0173. The largest absolute Gasteiger partial charge is 0.478 e. The van der Waals surface area contributed by atoms with E-state index in [1.54, 1.807) is 0 Å². The summed E-state index contributed by atoms with van der Waals surface area (Å²) in [6.45, 7) is -0.911. The molecule has 4 heterocycles. The summed E-state index contributed by atoms with van der Waals surface area (Å²) in [5.74, 6) is -1.46. The maximum Gasteiger partial charge on any atom is 0.336 e. The highest BCUT2D eigenvalue weighted by Crippen LogP contribution is 2.32. The summed E-state index contributed by atoms with van der Waals surface area (Å²) in [6, 6.07) is 1.35. The van der Waals surface area contributed by atoms with E-state index in [2.05, 4.69) is 9.97 Å². The SMILES string of the molecule is Nc1nc2c(c(=O)[nH]1)n(Cc1cc(C(=O)O)cs1)c(=O)n2[C@@H]1O[C@H](CO)[C@@H](F)[C@H]1O. The van der Waals surface area contributed by atoms with E-state index in [9.17, 15) is 29.0 Å². The Bertz CT molecular complexity index is 1250. The van der Waals surface area contributed by atoms with Crippen LogP contribution in [-0.2, 0) is 11.3 Å². The van der Waals surface area contributed by atoms with Gasteiger partial charge in [0.05, 0.1) is 18.7 Å². The van der Waals surface area contributed by atoms with Crippen molar-refractivity contribution in [3.05, 3.63) is 42.7 Å². The number of nitrogens with one attached hydrogen (secondary N) is 1. The van der Waals surface area contributed by atoms with Gasteiger partial charge in [-0.3, -0.25) is 14.3 Å². The molecule has 12 nitrogen and oxygen atoms in total. The number of H-pyrrole nitrogens is 1. The molecular weight excluding hydrogens is 425 g/mol. The van der Waals surface area contributed by atoms with Crippen LogP contribution in [0.4, 0.5) is 10.3 Å². The fourth-order valence-electron chi connectivity index (χ4n) is 3.38. The average Bonchev–Trinajstić information content (AvgIpc) is 3.34. The average molecular weight is 441 g/mol. The number of halogens is 1. The van der Waals surface area contributed by atoms with Gasteiger partial charge in [-0.2, -0.15) is 4.98 Å². The van der Waals surface area contributed by atoms with Gasteiger partial charge in [0.25, 0.3) is 5.56 Å². The van der Waals surface area contributed by atoms with Crippen molar-refractivity contribution in [2.45, 2.75) is 31.2 Å². The van der Waals surface area contributed by atoms with Gasteiger partial charge in [0.2, 0.25) is 5.95 Å². The van der Waals surface area contributed by atoms with Gasteiger partial charge < -0.3 is 25.8 Å². The van der Waals surface area contributed by atoms with E-state index in [0.717, 1.165) is 20.5 Å². The van der Waals surface area contributed by atoms with E-state index in [-0.39, 0.29) is 29.2 Å². The Labute approximate surface area is 169 Å². The molecule has 0 saturated carbocycles. The van der Waals surface area contributed by atoms with Crippen LogP contribution in [-0.4, -0.2) is 65.4 Å². The zero-order valence-electron chi connectivity index (χ0n) is 15.1. The number of hydrogen-bond acceptors (Lipinski definition) is 9. The summed E-state index contributed by atoms with van der Waals surface area (Å²) in [5, 5.41) is 29.9. The number of hydrogen-bond donors (Lipinski definition) is 5. The predicted molar refractivity (Wildman–Crippen MR) is 101 cm³/mol. The van der Waals surface area contributed by atoms with Crippen LogP contribution in [0.3, 0.4) is 0 Å². The number of aromatic amines is 1. The van der Waals surface area contributed by atoms with E-state index >= 15 is 0 Å². The molecule has 0 unspecified atom stereocenters. The number of aromatic carboxylic acids is 1. The lowest BCUT2D eigenvalue weighted by Gasteiger charge is -2.15. The number of fused-ring (bicyclic) bond motifs is 1. The van der Waals surface area contributed by atoms with Gasteiger partial charge in [-0.15, -0.1) is 11.3 Å². The summed E-state index contributed by atoms with van der Waals surface area (Å²) < 4.78 is 21.3. The number of nitrogens with zero attached hydrogens (tertiary/aromatic N) is 3. The number of nitrogens with two attached hydrogens (primary N) is 1. The second-order valence-electron chi connectivity index (χ2n) is 6.65. The number of thiophene rings is 1. The van der Waals surface area contributed by atoms with Crippen LogP contribution in [0.25, 0.3) is 11.2 Å². The number of alkyl halides is 1. The third-order valence-electron chi connectivity index (χ3n) is 4.77. The lowest BCUT2D eigenvalue weighted by Crippen LogP contribution is -2.34. The van der Waals surface area contributed by atoms with E-state index in [1.807, 2.05) is 0 Å². The molecule has 0 aromatic carbocycles. The molecule has 160 valence electrons. The van der Waals surface area contributed by atoms with Gasteiger partial charge >= 0.3 is 11.7 Å². The molecule has 14 heteroatoms. The fraction of sp³-hybridized carbons (Fsp3) is 0.375. The molecule has 0 spiro atoms. The van der Waals surface area contributed by atoms with Crippen LogP contribution in [0.5, 0.6) is 0 Å². The van der Waals surface area contributed by atoms with Crippen LogP contribution in [0, 0.1) is 0 Å². The first-order valence-electron chi connectivity index (χ1n) is 8.62. The number of aromatic nitrogens is 4. The molecule has 0 aliphatic carbocycles. The standard InChI is InChI=1S/C16H16FN5O7S/c17-8-7(3-23)29-13(10(8)24)22-11-9(12(25)20-15(18)19-11)21(16(22)28)2-6-1-5(4-30-6)14(26)27/h1,4,7-8,10,13,23-24H,2-3H2,(H,26,27)(H3,18,19,20,25)/t7-,8-,10-,13-/m1/s1. The minimum Gasteiger partial charge on any atom is -0.478 e. The summed E-state index contributed by atoms with van der Waals surface area (Å²) in [6.07, 6.45) is -6.70. The number of aliphatic hydroxyl groups excluding tert-OH is 2. The van der Waals surface area contributed by atoms with Gasteiger partial charge in [-0.1, -0.05) is 0 Å². The lowest BCUT2D eigenvalue weighted by atomic mass is 10.1. The summed E-state index contributed by atoms with van der Waals surface area (Å²) in [7, 11) is 0. The zero-order chi connectivity index (χ0) is 21.7. The Kier molecular flexibility index (Phi) is 4.93. The second-order valence-corrected chi connectivity index (χ2v) is 7.65. The summed E-state index contributed by atoms with van der Waals surface area (Å²) in [5.41, 5.74) is 3.54. The third-order valence-corrected chi connectivity index (χ3v) is 5.69. The Morgan fingerprint density at radius 1 is 1.43 bits per heavy atom. The van der Waals surface area contributed by atoms with Crippen molar-refractivity contribution in [1.82, 2.24) is 19.1 Å². The number of anilines is 1. The van der Waals surface area contributed by atoms with Gasteiger partial charge in [0.1, 0.15) is 12.2 Å². The number of nitrogen functional groups attached to an aromatic ring is 1. The van der Waals surface area contributed by atoms with Crippen molar-refractivity contribution in [2.75, 3.05) is 12.3 Å². The number of imidazole rings is 1. The molecule has 1 saturated heterocycles. The molecule has 3 aromatic heterocycles. The van der Waals surface area contributed by atoms with E-state index in [1.165, 1.54) is 11.4 Å². The molecule has 0 radical (unpaired) electrons.